The Kier molecular flexibility index (Phi) is 3.66. The number of alkyl halides is 2. The highest BCUT2D eigenvalue weighted by Gasteiger charge is 2.12. The highest BCUT2D eigenvalue weighted by Crippen LogP contribution is 2.29. The molecule has 5 heteroatoms. The van der Waals surface area contributed by atoms with E-state index in [4.69, 9.17) is 16.7 Å². The molecule has 0 amide bonds. The summed E-state index contributed by atoms with van der Waals surface area (Å²) in [7, 11) is 0. The molecule has 78 valence electrons. The molecule has 1 N–H and O–H groups in total. The zero-order valence-corrected chi connectivity index (χ0v) is 8.18. The van der Waals surface area contributed by atoms with Crippen molar-refractivity contribution >= 4 is 11.6 Å². The van der Waals surface area contributed by atoms with Gasteiger partial charge in [-0.25, -0.2) is 0 Å². The molecule has 0 unspecified atom stereocenters. The predicted octanol–water partition coefficient (Wildman–Crippen LogP) is 2.74. The summed E-state index contributed by atoms with van der Waals surface area (Å²) < 4.78 is 28.2. The summed E-state index contributed by atoms with van der Waals surface area (Å²) in [6, 6.07) is 2.89. The average molecular weight is 223 g/mol. The highest BCUT2D eigenvalue weighted by molar-refractivity contribution is 6.30. The second-order valence-corrected chi connectivity index (χ2v) is 3.18. The lowest BCUT2D eigenvalue weighted by Crippen LogP contribution is -2.06. The molecule has 0 saturated carbocycles. The Morgan fingerprint density at radius 3 is 2.64 bits per heavy atom. The molecule has 1 aromatic carbocycles. The minimum atomic E-state index is -2.90. The SMILES string of the molecule is Cc1cc(Cl)cc(CO)c1OC(F)F. The number of benzene rings is 1. The summed E-state index contributed by atoms with van der Waals surface area (Å²) in [5.41, 5.74) is 0.733. The molecule has 0 bridgehead atoms. The third-order valence-electron chi connectivity index (χ3n) is 1.69. The molecule has 0 aliphatic carbocycles. The predicted molar refractivity (Wildman–Crippen MR) is 48.7 cm³/mol. The first-order valence-electron chi connectivity index (χ1n) is 3.89. The monoisotopic (exact) mass is 222 g/mol. The number of aryl methyl sites for hydroxylation is 1. The molecule has 2 nitrogen and oxygen atoms in total. The highest BCUT2D eigenvalue weighted by atomic mass is 35.5. The largest absolute Gasteiger partial charge is 0.434 e. The van der Waals surface area contributed by atoms with Gasteiger partial charge in [0.25, 0.3) is 0 Å². The molecule has 0 heterocycles. The number of halogens is 3. The minimum Gasteiger partial charge on any atom is -0.434 e. The van der Waals surface area contributed by atoms with E-state index in [2.05, 4.69) is 4.74 Å². The van der Waals surface area contributed by atoms with E-state index in [1.807, 2.05) is 0 Å². The molecule has 0 radical (unpaired) electrons. The Balaban J connectivity index is 3.11. The summed E-state index contributed by atoms with van der Waals surface area (Å²) in [6.45, 7) is -1.70. The third-order valence-corrected chi connectivity index (χ3v) is 1.91. The van der Waals surface area contributed by atoms with E-state index >= 15 is 0 Å². The summed E-state index contributed by atoms with van der Waals surface area (Å²) >= 11 is 5.68. The fourth-order valence-corrected chi connectivity index (χ4v) is 1.47. The fraction of sp³-hybridized carbons (Fsp3) is 0.333. The van der Waals surface area contributed by atoms with Crippen molar-refractivity contribution in [2.75, 3.05) is 0 Å². The molecule has 1 rings (SSSR count). The van der Waals surface area contributed by atoms with E-state index in [0.29, 0.717) is 10.6 Å². The standard InChI is InChI=1S/C9H9ClF2O2/c1-5-2-7(10)3-6(4-13)8(5)14-9(11)12/h2-3,9,13H,4H2,1H3. The van der Waals surface area contributed by atoms with Gasteiger partial charge >= 0.3 is 6.61 Å². The average Bonchev–Trinajstić information content (AvgIpc) is 2.08. The van der Waals surface area contributed by atoms with E-state index in [9.17, 15) is 8.78 Å². The number of ether oxygens (including phenoxy) is 1. The van der Waals surface area contributed by atoms with Gasteiger partial charge in [-0.2, -0.15) is 8.78 Å². The summed E-state index contributed by atoms with van der Waals surface area (Å²) in [6.07, 6.45) is 0. The molecule has 14 heavy (non-hydrogen) atoms. The molecule has 0 aromatic heterocycles. The van der Waals surface area contributed by atoms with Crippen LogP contribution in [0.15, 0.2) is 12.1 Å². The number of rotatable bonds is 3. The first-order chi connectivity index (χ1) is 6.54. The van der Waals surface area contributed by atoms with E-state index < -0.39 is 6.61 Å². The molecule has 0 spiro atoms. The van der Waals surface area contributed by atoms with Crippen LogP contribution in [0.1, 0.15) is 11.1 Å². The maximum Gasteiger partial charge on any atom is 0.387 e. The third kappa shape index (κ3) is 2.56. The maximum absolute atomic E-state index is 12.0. The summed E-state index contributed by atoms with van der Waals surface area (Å²) in [5, 5.41) is 9.28. The van der Waals surface area contributed by atoms with Crippen molar-refractivity contribution in [2.45, 2.75) is 20.1 Å². The van der Waals surface area contributed by atoms with Crippen molar-refractivity contribution < 1.29 is 18.6 Å². The van der Waals surface area contributed by atoms with Crippen molar-refractivity contribution in [2.24, 2.45) is 0 Å². The Labute approximate surface area is 85.1 Å². The van der Waals surface area contributed by atoms with Gasteiger partial charge in [-0.1, -0.05) is 11.6 Å². The molecule has 0 saturated heterocycles. The molecule has 0 aliphatic rings. The topological polar surface area (TPSA) is 29.5 Å². The summed E-state index contributed by atoms with van der Waals surface area (Å²) in [5.74, 6) is -0.00750. The molecule has 0 fully saturated rings. The number of aliphatic hydroxyl groups is 1. The minimum absolute atomic E-state index is 0.00750. The Morgan fingerprint density at radius 1 is 1.50 bits per heavy atom. The smallest absolute Gasteiger partial charge is 0.387 e. The molecular weight excluding hydrogens is 214 g/mol. The van der Waals surface area contributed by atoms with E-state index in [1.54, 1.807) is 6.92 Å². The Hall–Kier alpha value is -0.870. The van der Waals surface area contributed by atoms with Gasteiger partial charge in [0, 0.05) is 10.6 Å². The molecule has 0 aliphatic heterocycles. The summed E-state index contributed by atoms with van der Waals surface area (Å²) in [4.78, 5) is 0. The lowest BCUT2D eigenvalue weighted by molar-refractivity contribution is -0.0513. The van der Waals surface area contributed by atoms with Crippen LogP contribution in [0.2, 0.25) is 5.02 Å². The Bertz CT molecular complexity index is 329. The maximum atomic E-state index is 12.0. The van der Waals surface area contributed by atoms with Crippen LogP contribution < -0.4 is 4.74 Å². The van der Waals surface area contributed by atoms with Crippen LogP contribution in [0, 0.1) is 6.92 Å². The lowest BCUT2D eigenvalue weighted by Gasteiger charge is -2.12. The molecule has 1 aromatic rings. The van der Waals surface area contributed by atoms with Crippen molar-refractivity contribution in [3.05, 3.63) is 28.3 Å². The number of aliphatic hydroxyl groups excluding tert-OH is 1. The van der Waals surface area contributed by atoms with Crippen molar-refractivity contribution in [1.82, 2.24) is 0 Å². The van der Waals surface area contributed by atoms with Crippen LogP contribution in [0.5, 0.6) is 5.75 Å². The van der Waals surface area contributed by atoms with Gasteiger partial charge in [-0.15, -0.1) is 0 Å². The van der Waals surface area contributed by atoms with E-state index in [-0.39, 0.29) is 17.9 Å². The van der Waals surface area contributed by atoms with Gasteiger partial charge in [0.1, 0.15) is 5.75 Å². The van der Waals surface area contributed by atoms with Gasteiger partial charge in [-0.3, -0.25) is 0 Å². The second kappa shape index (κ2) is 4.57. The quantitative estimate of drug-likeness (QED) is 0.852. The van der Waals surface area contributed by atoms with Crippen molar-refractivity contribution in [3.63, 3.8) is 0 Å². The van der Waals surface area contributed by atoms with Gasteiger partial charge < -0.3 is 9.84 Å². The number of hydrogen-bond acceptors (Lipinski definition) is 2. The first kappa shape index (κ1) is 11.2. The zero-order valence-electron chi connectivity index (χ0n) is 7.43. The van der Waals surface area contributed by atoms with Crippen LogP contribution >= 0.6 is 11.6 Å². The lowest BCUT2D eigenvalue weighted by atomic mass is 10.1. The Morgan fingerprint density at radius 2 is 2.14 bits per heavy atom. The fourth-order valence-electron chi connectivity index (χ4n) is 1.17. The van der Waals surface area contributed by atoms with Crippen LogP contribution in [0.4, 0.5) is 8.78 Å². The van der Waals surface area contributed by atoms with Gasteiger partial charge in [0.15, 0.2) is 0 Å². The van der Waals surface area contributed by atoms with Crippen LogP contribution in [-0.2, 0) is 6.61 Å². The van der Waals surface area contributed by atoms with Crippen LogP contribution in [0.25, 0.3) is 0 Å². The first-order valence-corrected chi connectivity index (χ1v) is 4.27. The van der Waals surface area contributed by atoms with Crippen molar-refractivity contribution in [3.8, 4) is 5.75 Å². The van der Waals surface area contributed by atoms with Crippen molar-refractivity contribution in [1.29, 1.82) is 0 Å². The van der Waals surface area contributed by atoms with Crippen LogP contribution in [0.3, 0.4) is 0 Å². The normalized spacial score (nSPS) is 10.7. The van der Waals surface area contributed by atoms with E-state index in [0.717, 1.165) is 0 Å². The van der Waals surface area contributed by atoms with Crippen LogP contribution in [-0.4, -0.2) is 11.7 Å². The molecule has 0 atom stereocenters. The van der Waals surface area contributed by atoms with Gasteiger partial charge in [0.2, 0.25) is 0 Å². The number of hydrogen-bond donors (Lipinski definition) is 1. The second-order valence-electron chi connectivity index (χ2n) is 2.75. The van der Waals surface area contributed by atoms with E-state index in [1.165, 1.54) is 12.1 Å². The van der Waals surface area contributed by atoms with Gasteiger partial charge in [0.05, 0.1) is 6.61 Å². The van der Waals surface area contributed by atoms with Gasteiger partial charge in [-0.05, 0) is 24.6 Å². The zero-order chi connectivity index (χ0) is 10.7. The molecular formula is C9H9ClF2O2.